The first-order chi connectivity index (χ1) is 14.5. The van der Waals surface area contributed by atoms with Crippen molar-refractivity contribution in [2.75, 3.05) is 18.4 Å². The van der Waals surface area contributed by atoms with Gasteiger partial charge in [-0.3, -0.25) is 4.79 Å². The van der Waals surface area contributed by atoms with Crippen molar-refractivity contribution in [1.29, 1.82) is 0 Å². The molecular weight excluding hydrogens is 396 g/mol. The third-order valence-corrected chi connectivity index (χ3v) is 7.79. The largest absolute Gasteiger partial charge is 0.322 e. The Morgan fingerprint density at radius 3 is 2.30 bits per heavy atom. The van der Waals surface area contributed by atoms with E-state index in [2.05, 4.69) is 23.5 Å². The minimum atomic E-state index is -3.47. The molecule has 0 aromatic heterocycles. The number of hydrogen-bond acceptors (Lipinski definition) is 3. The monoisotopic (exact) mass is 418 g/mol. The molecule has 2 aliphatic rings. The molecule has 3 aromatic rings. The molecule has 1 aliphatic carbocycles. The molecule has 1 heterocycles. The summed E-state index contributed by atoms with van der Waals surface area (Å²) in [7, 11) is -3.47. The first-order valence-corrected chi connectivity index (χ1v) is 11.6. The van der Waals surface area contributed by atoms with Crippen LogP contribution in [0.2, 0.25) is 0 Å². The zero-order valence-corrected chi connectivity index (χ0v) is 17.3. The fraction of sp³-hybridized carbons (Fsp3) is 0.208. The second-order valence-electron chi connectivity index (χ2n) is 7.80. The zero-order chi connectivity index (χ0) is 20.7. The molecule has 6 heteroatoms. The van der Waals surface area contributed by atoms with E-state index in [9.17, 15) is 13.2 Å². The minimum Gasteiger partial charge on any atom is -0.322 e. The van der Waals surface area contributed by atoms with Gasteiger partial charge >= 0.3 is 0 Å². The van der Waals surface area contributed by atoms with Gasteiger partial charge in [0.2, 0.25) is 10.0 Å². The van der Waals surface area contributed by atoms with Crippen LogP contribution < -0.4 is 5.32 Å². The molecule has 1 amide bonds. The molecule has 0 spiro atoms. The van der Waals surface area contributed by atoms with Crippen LogP contribution in [0.25, 0.3) is 11.1 Å². The number of fused-ring (bicyclic) bond motifs is 3. The van der Waals surface area contributed by atoms with Gasteiger partial charge in [-0.25, -0.2) is 8.42 Å². The van der Waals surface area contributed by atoms with E-state index in [1.165, 1.54) is 33.1 Å². The molecule has 5 nitrogen and oxygen atoms in total. The number of carbonyl (C=O) groups excluding carboxylic acids is 1. The Hall–Kier alpha value is -2.96. The molecule has 3 aromatic carbocycles. The summed E-state index contributed by atoms with van der Waals surface area (Å²) in [5.41, 5.74) is 6.06. The Bertz CT molecular complexity index is 1230. The van der Waals surface area contributed by atoms with E-state index in [0.717, 1.165) is 30.5 Å². The Morgan fingerprint density at radius 2 is 1.53 bits per heavy atom. The molecule has 0 unspecified atom stereocenters. The van der Waals surface area contributed by atoms with E-state index in [4.69, 9.17) is 0 Å². The molecule has 1 aliphatic heterocycles. The Labute approximate surface area is 176 Å². The first kappa shape index (κ1) is 19.0. The van der Waals surface area contributed by atoms with Crippen molar-refractivity contribution in [2.24, 2.45) is 0 Å². The maximum absolute atomic E-state index is 12.7. The Kier molecular flexibility index (Phi) is 4.68. The third kappa shape index (κ3) is 3.32. The second kappa shape index (κ2) is 7.38. The van der Waals surface area contributed by atoms with Crippen LogP contribution in [0, 0.1) is 0 Å². The van der Waals surface area contributed by atoms with Gasteiger partial charge in [-0.15, -0.1) is 0 Å². The van der Waals surface area contributed by atoms with Gasteiger partial charge in [-0.2, -0.15) is 4.31 Å². The number of anilines is 1. The molecule has 0 bridgehead atoms. The van der Waals surface area contributed by atoms with Crippen LogP contribution in [0.4, 0.5) is 5.69 Å². The van der Waals surface area contributed by atoms with Crippen LogP contribution >= 0.6 is 0 Å². The number of nitrogens with zero attached hydrogens (tertiary/aromatic N) is 1. The van der Waals surface area contributed by atoms with Crippen molar-refractivity contribution in [3.05, 3.63) is 83.4 Å². The topological polar surface area (TPSA) is 66.5 Å². The molecule has 0 saturated carbocycles. The molecule has 1 N–H and O–H groups in total. The van der Waals surface area contributed by atoms with Gasteiger partial charge in [0.25, 0.3) is 5.91 Å². The van der Waals surface area contributed by atoms with Gasteiger partial charge in [0.15, 0.2) is 0 Å². The van der Waals surface area contributed by atoms with E-state index < -0.39 is 10.0 Å². The maximum atomic E-state index is 12.7. The normalized spacial score (nSPS) is 15.6. The van der Waals surface area contributed by atoms with E-state index >= 15 is 0 Å². The Balaban J connectivity index is 1.34. The SMILES string of the molecule is O=C(Nc1ccc2c(c1)-c1ccccc1C2)c1ccc(S(=O)(=O)N2CCCC2)cc1. The summed E-state index contributed by atoms with van der Waals surface area (Å²) in [6.07, 6.45) is 2.70. The lowest BCUT2D eigenvalue weighted by molar-refractivity contribution is 0.102. The van der Waals surface area contributed by atoms with Crippen LogP contribution in [0.15, 0.2) is 71.6 Å². The molecule has 0 atom stereocenters. The van der Waals surface area contributed by atoms with Crippen molar-refractivity contribution in [3.63, 3.8) is 0 Å². The molecule has 1 fully saturated rings. The highest BCUT2D eigenvalue weighted by atomic mass is 32.2. The predicted molar refractivity (Wildman–Crippen MR) is 117 cm³/mol. The van der Waals surface area contributed by atoms with Gasteiger partial charge < -0.3 is 5.32 Å². The van der Waals surface area contributed by atoms with E-state index in [1.807, 2.05) is 24.3 Å². The minimum absolute atomic E-state index is 0.232. The third-order valence-electron chi connectivity index (χ3n) is 5.88. The molecule has 30 heavy (non-hydrogen) atoms. The number of carbonyl (C=O) groups is 1. The summed E-state index contributed by atoms with van der Waals surface area (Å²) in [5, 5.41) is 2.93. The summed E-state index contributed by atoms with van der Waals surface area (Å²) in [5.74, 6) is -0.258. The Morgan fingerprint density at radius 1 is 0.833 bits per heavy atom. The van der Waals surface area contributed by atoms with Gasteiger partial charge in [-0.1, -0.05) is 30.3 Å². The average molecular weight is 419 g/mol. The number of hydrogen-bond donors (Lipinski definition) is 1. The average Bonchev–Trinajstić information content (AvgIpc) is 3.42. The standard InChI is InChI=1S/C24H22N2O3S/c27-24(17-8-11-21(12-9-17)30(28,29)26-13-3-4-14-26)25-20-10-7-19-15-18-5-1-2-6-22(18)23(19)16-20/h1-2,5-12,16H,3-4,13-15H2,(H,25,27). The predicted octanol–water partition coefficient (Wildman–Crippen LogP) is 4.29. The molecule has 5 rings (SSSR count). The lowest BCUT2D eigenvalue weighted by Crippen LogP contribution is -2.27. The van der Waals surface area contributed by atoms with Gasteiger partial charge in [0, 0.05) is 24.3 Å². The highest BCUT2D eigenvalue weighted by molar-refractivity contribution is 7.89. The number of amides is 1. The number of rotatable bonds is 4. The van der Waals surface area contributed by atoms with E-state index in [0.29, 0.717) is 18.7 Å². The lowest BCUT2D eigenvalue weighted by atomic mass is 10.1. The summed E-state index contributed by atoms with van der Waals surface area (Å²) in [6.45, 7) is 1.12. The van der Waals surface area contributed by atoms with Crippen molar-refractivity contribution >= 4 is 21.6 Å². The van der Waals surface area contributed by atoms with E-state index in [-0.39, 0.29) is 10.8 Å². The molecular formula is C24H22N2O3S. The molecule has 1 saturated heterocycles. The number of benzene rings is 3. The van der Waals surface area contributed by atoms with Crippen molar-refractivity contribution < 1.29 is 13.2 Å². The number of sulfonamides is 1. The van der Waals surface area contributed by atoms with Crippen LogP contribution in [0.5, 0.6) is 0 Å². The second-order valence-corrected chi connectivity index (χ2v) is 9.73. The molecule has 0 radical (unpaired) electrons. The fourth-order valence-electron chi connectivity index (χ4n) is 4.26. The summed E-state index contributed by atoms with van der Waals surface area (Å²) in [6, 6.07) is 20.4. The van der Waals surface area contributed by atoms with E-state index in [1.54, 1.807) is 12.1 Å². The van der Waals surface area contributed by atoms with Crippen molar-refractivity contribution in [1.82, 2.24) is 4.31 Å². The first-order valence-electron chi connectivity index (χ1n) is 10.2. The highest BCUT2D eigenvalue weighted by Gasteiger charge is 2.27. The van der Waals surface area contributed by atoms with Crippen LogP contribution in [-0.4, -0.2) is 31.7 Å². The summed E-state index contributed by atoms with van der Waals surface area (Å²) < 4.78 is 26.8. The van der Waals surface area contributed by atoms with Gasteiger partial charge in [-0.05, 0) is 77.9 Å². The maximum Gasteiger partial charge on any atom is 0.255 e. The van der Waals surface area contributed by atoms with Gasteiger partial charge in [0.1, 0.15) is 0 Å². The highest BCUT2D eigenvalue weighted by Crippen LogP contribution is 2.37. The van der Waals surface area contributed by atoms with Crippen LogP contribution in [0.1, 0.15) is 34.3 Å². The van der Waals surface area contributed by atoms with Crippen LogP contribution in [-0.2, 0) is 16.4 Å². The lowest BCUT2D eigenvalue weighted by Gasteiger charge is -2.15. The van der Waals surface area contributed by atoms with Crippen LogP contribution in [0.3, 0.4) is 0 Å². The smallest absolute Gasteiger partial charge is 0.255 e. The summed E-state index contributed by atoms with van der Waals surface area (Å²) in [4.78, 5) is 12.9. The van der Waals surface area contributed by atoms with Crippen molar-refractivity contribution in [3.8, 4) is 11.1 Å². The summed E-state index contributed by atoms with van der Waals surface area (Å²) >= 11 is 0. The fourth-order valence-corrected chi connectivity index (χ4v) is 5.78. The number of nitrogens with one attached hydrogen (secondary N) is 1. The quantitative estimate of drug-likeness (QED) is 0.538. The van der Waals surface area contributed by atoms with Gasteiger partial charge in [0.05, 0.1) is 4.90 Å². The molecule has 152 valence electrons. The zero-order valence-electron chi connectivity index (χ0n) is 16.5. The van der Waals surface area contributed by atoms with Crippen molar-refractivity contribution in [2.45, 2.75) is 24.2 Å².